The summed E-state index contributed by atoms with van der Waals surface area (Å²) < 4.78 is 1.12. The summed E-state index contributed by atoms with van der Waals surface area (Å²) in [6, 6.07) is 8.88. The molecule has 2 heteroatoms. The smallest absolute Gasteiger partial charge is 0.0320 e. The Morgan fingerprint density at radius 2 is 2.07 bits per heavy atom. The van der Waals surface area contributed by atoms with E-state index in [-0.39, 0.29) is 0 Å². The molecule has 0 aliphatic heterocycles. The first-order valence-corrected chi connectivity index (χ1v) is 5.61. The summed E-state index contributed by atoms with van der Waals surface area (Å²) in [6.07, 6.45) is 4.10. The van der Waals surface area contributed by atoms with Crippen molar-refractivity contribution in [3.05, 3.63) is 47.0 Å². The molecular weight excluding hydrogens is 238 g/mol. The summed E-state index contributed by atoms with van der Waals surface area (Å²) in [7, 11) is 2.00. The average molecular weight is 254 g/mol. The minimum absolute atomic E-state index is 0.432. The van der Waals surface area contributed by atoms with E-state index in [9.17, 15) is 0 Å². The van der Waals surface area contributed by atoms with Gasteiger partial charge in [-0.3, -0.25) is 0 Å². The lowest BCUT2D eigenvalue weighted by molar-refractivity contribution is 0.555. The van der Waals surface area contributed by atoms with Gasteiger partial charge < -0.3 is 5.32 Å². The van der Waals surface area contributed by atoms with E-state index < -0.39 is 0 Å². The van der Waals surface area contributed by atoms with Crippen molar-refractivity contribution in [2.75, 3.05) is 7.05 Å². The van der Waals surface area contributed by atoms with Crippen molar-refractivity contribution in [3.8, 4) is 0 Å². The summed E-state index contributed by atoms with van der Waals surface area (Å²) in [5, 5.41) is 3.31. The van der Waals surface area contributed by atoms with Gasteiger partial charge in [-0.05, 0) is 37.6 Å². The molecule has 0 unspecified atom stereocenters. The Bertz CT molecular complexity index is 279. The van der Waals surface area contributed by atoms with E-state index >= 15 is 0 Å². The van der Waals surface area contributed by atoms with E-state index in [1.54, 1.807) is 0 Å². The molecule has 1 aromatic rings. The van der Waals surface area contributed by atoms with Crippen molar-refractivity contribution in [1.82, 2.24) is 5.32 Å². The molecule has 0 aliphatic carbocycles. The van der Waals surface area contributed by atoms with Crippen molar-refractivity contribution < 1.29 is 0 Å². The molecule has 0 aromatic heterocycles. The van der Waals surface area contributed by atoms with Crippen LogP contribution >= 0.6 is 15.9 Å². The van der Waals surface area contributed by atoms with Gasteiger partial charge in [-0.25, -0.2) is 0 Å². The molecule has 0 radical (unpaired) electrons. The van der Waals surface area contributed by atoms with Crippen LogP contribution < -0.4 is 5.32 Å². The summed E-state index contributed by atoms with van der Waals surface area (Å²) in [4.78, 5) is 0. The quantitative estimate of drug-likeness (QED) is 0.790. The van der Waals surface area contributed by atoms with Gasteiger partial charge in [-0.2, -0.15) is 0 Å². The van der Waals surface area contributed by atoms with Crippen LogP contribution in [0.1, 0.15) is 24.4 Å². The van der Waals surface area contributed by atoms with Crippen LogP contribution in [-0.2, 0) is 0 Å². The Morgan fingerprint density at radius 1 is 1.43 bits per heavy atom. The van der Waals surface area contributed by atoms with Gasteiger partial charge in [-0.15, -0.1) is 6.58 Å². The third-order valence-electron chi connectivity index (χ3n) is 2.28. The molecule has 14 heavy (non-hydrogen) atoms. The van der Waals surface area contributed by atoms with Crippen LogP contribution in [-0.4, -0.2) is 7.05 Å². The fourth-order valence-corrected chi connectivity index (χ4v) is 1.72. The molecule has 0 aliphatic rings. The lowest BCUT2D eigenvalue weighted by Gasteiger charge is -2.15. The number of hydrogen-bond donors (Lipinski definition) is 1. The predicted octanol–water partition coefficient (Wildman–Crippen LogP) is 3.68. The molecule has 1 N–H and O–H groups in total. The molecule has 0 amide bonds. The molecule has 0 spiro atoms. The van der Waals surface area contributed by atoms with Gasteiger partial charge in [0.05, 0.1) is 0 Å². The van der Waals surface area contributed by atoms with E-state index in [1.165, 1.54) is 5.56 Å². The number of rotatable bonds is 5. The molecule has 0 saturated carbocycles. The van der Waals surface area contributed by atoms with Crippen molar-refractivity contribution in [2.45, 2.75) is 18.9 Å². The van der Waals surface area contributed by atoms with E-state index in [2.05, 4.69) is 52.1 Å². The zero-order valence-electron chi connectivity index (χ0n) is 8.46. The molecule has 1 aromatic carbocycles. The molecule has 1 nitrogen and oxygen atoms in total. The Balaban J connectivity index is 2.68. The Labute approximate surface area is 94.3 Å². The maximum absolute atomic E-state index is 3.74. The maximum Gasteiger partial charge on any atom is 0.0320 e. The van der Waals surface area contributed by atoms with E-state index in [1.807, 2.05) is 13.1 Å². The number of benzene rings is 1. The van der Waals surface area contributed by atoms with Gasteiger partial charge in [0.2, 0.25) is 0 Å². The normalized spacial score (nSPS) is 12.4. The third-order valence-corrected chi connectivity index (χ3v) is 2.81. The summed E-state index contributed by atoms with van der Waals surface area (Å²) in [5.74, 6) is 0. The highest BCUT2D eigenvalue weighted by atomic mass is 79.9. The van der Waals surface area contributed by atoms with E-state index in [0.717, 1.165) is 17.3 Å². The molecule has 0 saturated heterocycles. The van der Waals surface area contributed by atoms with Gasteiger partial charge in [0.1, 0.15) is 0 Å². The first kappa shape index (κ1) is 11.5. The lowest BCUT2D eigenvalue weighted by Crippen LogP contribution is -2.15. The van der Waals surface area contributed by atoms with Crippen molar-refractivity contribution >= 4 is 15.9 Å². The van der Waals surface area contributed by atoms with Crippen LogP contribution in [0.15, 0.2) is 41.4 Å². The fourth-order valence-electron chi connectivity index (χ4n) is 1.46. The van der Waals surface area contributed by atoms with Crippen LogP contribution in [0.2, 0.25) is 0 Å². The van der Waals surface area contributed by atoms with Crippen molar-refractivity contribution in [3.63, 3.8) is 0 Å². The highest BCUT2D eigenvalue weighted by Gasteiger charge is 2.06. The van der Waals surface area contributed by atoms with Gasteiger partial charge in [0.25, 0.3) is 0 Å². The lowest BCUT2D eigenvalue weighted by atomic mass is 10.0. The van der Waals surface area contributed by atoms with E-state index in [0.29, 0.717) is 6.04 Å². The second kappa shape index (κ2) is 5.99. The second-order valence-corrected chi connectivity index (χ2v) is 4.17. The topological polar surface area (TPSA) is 12.0 Å². The van der Waals surface area contributed by atoms with Gasteiger partial charge in [-0.1, -0.05) is 34.1 Å². The molecule has 1 atom stereocenters. The summed E-state index contributed by atoms with van der Waals surface area (Å²) in [6.45, 7) is 3.74. The Hall–Kier alpha value is -0.600. The number of hydrogen-bond acceptors (Lipinski definition) is 1. The van der Waals surface area contributed by atoms with Gasteiger partial charge >= 0.3 is 0 Å². The largest absolute Gasteiger partial charge is 0.313 e. The van der Waals surface area contributed by atoms with E-state index in [4.69, 9.17) is 0 Å². The highest BCUT2D eigenvalue weighted by molar-refractivity contribution is 9.10. The monoisotopic (exact) mass is 253 g/mol. The van der Waals surface area contributed by atoms with Crippen LogP contribution in [0.25, 0.3) is 0 Å². The van der Waals surface area contributed by atoms with Gasteiger partial charge in [0.15, 0.2) is 0 Å². The first-order valence-electron chi connectivity index (χ1n) is 4.81. The first-order chi connectivity index (χ1) is 6.77. The Kier molecular flexibility index (Phi) is 4.91. The molecule has 0 heterocycles. The maximum atomic E-state index is 3.74. The highest BCUT2D eigenvalue weighted by Crippen LogP contribution is 2.20. The number of halogens is 1. The second-order valence-electron chi connectivity index (χ2n) is 3.26. The standard InChI is InChI=1S/C12H16BrN/c1-3-4-5-12(14-2)10-6-8-11(13)9-7-10/h3,6-9,12,14H,1,4-5H2,2H3/t12-/m1/s1. The molecule has 76 valence electrons. The summed E-state index contributed by atoms with van der Waals surface area (Å²) in [5.41, 5.74) is 1.33. The zero-order chi connectivity index (χ0) is 10.4. The number of allylic oxidation sites excluding steroid dienone is 1. The van der Waals surface area contributed by atoms with Crippen LogP contribution in [0.3, 0.4) is 0 Å². The molecule has 1 rings (SSSR count). The van der Waals surface area contributed by atoms with Gasteiger partial charge in [0, 0.05) is 10.5 Å². The fraction of sp³-hybridized carbons (Fsp3) is 0.333. The Morgan fingerprint density at radius 3 is 2.57 bits per heavy atom. The predicted molar refractivity (Wildman–Crippen MR) is 65.4 cm³/mol. The molecule has 0 bridgehead atoms. The van der Waals surface area contributed by atoms with Crippen LogP contribution in [0, 0.1) is 0 Å². The SMILES string of the molecule is C=CCC[C@@H](NC)c1ccc(Br)cc1. The summed E-state index contributed by atoms with van der Waals surface area (Å²) >= 11 is 3.43. The minimum atomic E-state index is 0.432. The van der Waals surface area contributed by atoms with Crippen molar-refractivity contribution in [2.24, 2.45) is 0 Å². The van der Waals surface area contributed by atoms with Crippen LogP contribution in [0.4, 0.5) is 0 Å². The number of nitrogens with one attached hydrogen (secondary N) is 1. The third kappa shape index (κ3) is 3.28. The van der Waals surface area contributed by atoms with Crippen molar-refractivity contribution in [1.29, 1.82) is 0 Å². The molecular formula is C12H16BrN. The molecule has 0 fully saturated rings. The van der Waals surface area contributed by atoms with Crippen LogP contribution in [0.5, 0.6) is 0 Å². The zero-order valence-corrected chi connectivity index (χ0v) is 10.0. The average Bonchev–Trinajstić information content (AvgIpc) is 2.21. The minimum Gasteiger partial charge on any atom is -0.313 e.